The zero-order chi connectivity index (χ0) is 11.0. The van der Waals surface area contributed by atoms with Crippen molar-refractivity contribution >= 4 is 0 Å². The predicted octanol–water partition coefficient (Wildman–Crippen LogP) is 2.89. The molecule has 0 spiro atoms. The van der Waals surface area contributed by atoms with E-state index in [0.717, 1.165) is 12.0 Å². The van der Waals surface area contributed by atoms with Gasteiger partial charge in [-0.1, -0.05) is 31.2 Å². The Morgan fingerprint density at radius 2 is 1.94 bits per heavy atom. The lowest BCUT2D eigenvalue weighted by molar-refractivity contribution is 0.0909. The third kappa shape index (κ3) is 1.67. The van der Waals surface area contributed by atoms with E-state index in [1.165, 1.54) is 38.8 Å². The first-order chi connectivity index (χ1) is 7.88. The van der Waals surface area contributed by atoms with Gasteiger partial charge in [0.25, 0.3) is 0 Å². The number of rotatable bonds is 1. The molecule has 3 rings (SSSR count). The average molecular weight is 215 g/mol. The Bertz CT molecular complexity index is 371. The van der Waals surface area contributed by atoms with Crippen molar-refractivity contribution in [3.63, 3.8) is 0 Å². The maximum Gasteiger partial charge on any atom is 0.0167 e. The quantitative estimate of drug-likeness (QED) is 0.696. The van der Waals surface area contributed by atoms with Crippen LogP contribution in [0.25, 0.3) is 0 Å². The highest BCUT2D eigenvalue weighted by Gasteiger charge is 2.34. The summed E-state index contributed by atoms with van der Waals surface area (Å²) in [6, 6.07) is 9.87. The summed E-state index contributed by atoms with van der Waals surface area (Å²) >= 11 is 0. The first kappa shape index (κ1) is 10.3. The third-order valence-corrected chi connectivity index (χ3v) is 4.47. The van der Waals surface area contributed by atoms with Crippen LogP contribution in [-0.4, -0.2) is 24.0 Å². The van der Waals surface area contributed by atoms with Crippen molar-refractivity contribution in [2.45, 2.75) is 38.6 Å². The van der Waals surface area contributed by atoms with E-state index >= 15 is 0 Å². The van der Waals surface area contributed by atoms with Crippen LogP contribution in [0.3, 0.4) is 0 Å². The fraction of sp³-hybridized carbons (Fsp3) is 0.600. The van der Waals surface area contributed by atoms with Crippen LogP contribution in [0.4, 0.5) is 0 Å². The van der Waals surface area contributed by atoms with E-state index in [2.05, 4.69) is 36.1 Å². The summed E-state index contributed by atoms with van der Waals surface area (Å²) in [6.45, 7) is 4.85. The number of fused-ring (bicyclic) bond motifs is 2. The second-order valence-electron chi connectivity index (χ2n) is 5.28. The van der Waals surface area contributed by atoms with Crippen LogP contribution < -0.4 is 0 Å². The molecule has 1 heterocycles. The topological polar surface area (TPSA) is 3.24 Å². The molecule has 0 N–H and O–H groups in total. The normalized spacial score (nSPS) is 29.6. The van der Waals surface area contributed by atoms with E-state index in [0.29, 0.717) is 0 Å². The predicted molar refractivity (Wildman–Crippen MR) is 67.6 cm³/mol. The molecule has 0 saturated carbocycles. The van der Waals surface area contributed by atoms with Crippen LogP contribution in [0, 0.1) is 5.92 Å². The molecular formula is C15H21N. The molecule has 0 bridgehead atoms. The molecule has 1 aromatic carbocycles. The van der Waals surface area contributed by atoms with Gasteiger partial charge in [-0.2, -0.15) is 0 Å². The summed E-state index contributed by atoms with van der Waals surface area (Å²) in [7, 11) is 0. The van der Waals surface area contributed by atoms with Crippen LogP contribution in [0.15, 0.2) is 24.3 Å². The lowest BCUT2D eigenvalue weighted by atomic mass is 9.75. The van der Waals surface area contributed by atoms with Crippen LogP contribution in [0.2, 0.25) is 0 Å². The highest BCUT2D eigenvalue weighted by atomic mass is 15.2. The van der Waals surface area contributed by atoms with E-state index in [-0.39, 0.29) is 0 Å². The fourth-order valence-corrected chi connectivity index (χ4v) is 3.60. The molecule has 1 aliphatic heterocycles. The Balaban J connectivity index is 1.89. The smallest absolute Gasteiger partial charge is 0.0167 e. The van der Waals surface area contributed by atoms with Gasteiger partial charge >= 0.3 is 0 Å². The monoisotopic (exact) mass is 215 g/mol. The summed E-state index contributed by atoms with van der Waals surface area (Å²) < 4.78 is 0. The molecule has 0 aromatic heterocycles. The van der Waals surface area contributed by atoms with Gasteiger partial charge in [-0.05, 0) is 55.8 Å². The number of piperidine rings is 1. The van der Waals surface area contributed by atoms with Crippen molar-refractivity contribution in [3.8, 4) is 0 Å². The Morgan fingerprint density at radius 1 is 1.19 bits per heavy atom. The van der Waals surface area contributed by atoms with E-state index in [4.69, 9.17) is 0 Å². The number of nitrogens with zero attached hydrogens (tertiary/aromatic N) is 1. The molecule has 2 unspecified atom stereocenters. The van der Waals surface area contributed by atoms with Crippen molar-refractivity contribution in [3.05, 3.63) is 35.4 Å². The Kier molecular flexibility index (Phi) is 2.72. The molecule has 1 nitrogen and oxygen atoms in total. The molecular weight excluding hydrogens is 194 g/mol. The molecule has 1 saturated heterocycles. The van der Waals surface area contributed by atoms with Gasteiger partial charge in [-0.15, -0.1) is 0 Å². The molecule has 0 radical (unpaired) electrons. The van der Waals surface area contributed by atoms with Crippen molar-refractivity contribution in [2.75, 3.05) is 13.1 Å². The summed E-state index contributed by atoms with van der Waals surface area (Å²) in [4.78, 5) is 2.70. The van der Waals surface area contributed by atoms with Gasteiger partial charge in [0.15, 0.2) is 0 Å². The Hall–Kier alpha value is -0.820. The van der Waals surface area contributed by atoms with Gasteiger partial charge in [0.1, 0.15) is 0 Å². The first-order valence-corrected chi connectivity index (χ1v) is 6.69. The second kappa shape index (κ2) is 4.21. The minimum atomic E-state index is 0.827. The molecule has 0 amide bonds. The highest BCUT2D eigenvalue weighted by molar-refractivity contribution is 5.31. The minimum absolute atomic E-state index is 0.827. The lowest BCUT2D eigenvalue weighted by Crippen LogP contribution is -2.48. The molecule has 2 aliphatic rings. The van der Waals surface area contributed by atoms with Gasteiger partial charge < -0.3 is 4.90 Å². The van der Waals surface area contributed by atoms with Gasteiger partial charge in [0.2, 0.25) is 0 Å². The second-order valence-corrected chi connectivity index (χ2v) is 5.28. The number of benzene rings is 1. The van der Waals surface area contributed by atoms with Crippen molar-refractivity contribution < 1.29 is 0 Å². The zero-order valence-electron chi connectivity index (χ0n) is 10.2. The number of likely N-dealkylation sites (tertiary alicyclic amines) is 1. The van der Waals surface area contributed by atoms with Gasteiger partial charge in [-0.25, -0.2) is 0 Å². The lowest BCUT2D eigenvalue weighted by Gasteiger charge is -2.44. The summed E-state index contributed by atoms with van der Waals surface area (Å²) in [5.41, 5.74) is 3.21. The molecule has 86 valence electrons. The third-order valence-electron chi connectivity index (χ3n) is 4.47. The minimum Gasteiger partial charge on any atom is -0.300 e. The van der Waals surface area contributed by atoms with Crippen LogP contribution in [0.5, 0.6) is 0 Å². The van der Waals surface area contributed by atoms with Crippen LogP contribution in [0.1, 0.15) is 30.9 Å². The summed E-state index contributed by atoms with van der Waals surface area (Å²) in [5.74, 6) is 0.920. The average Bonchev–Trinajstić information content (AvgIpc) is 2.35. The van der Waals surface area contributed by atoms with Gasteiger partial charge in [0, 0.05) is 6.04 Å². The van der Waals surface area contributed by atoms with Crippen molar-refractivity contribution in [2.24, 2.45) is 5.92 Å². The molecule has 2 atom stereocenters. The van der Waals surface area contributed by atoms with Gasteiger partial charge in [0.05, 0.1) is 0 Å². The van der Waals surface area contributed by atoms with Crippen molar-refractivity contribution in [1.29, 1.82) is 0 Å². The Labute approximate surface area is 98.5 Å². The van der Waals surface area contributed by atoms with E-state index in [9.17, 15) is 0 Å². The summed E-state index contributed by atoms with van der Waals surface area (Å²) in [6.07, 6.45) is 5.44. The molecule has 16 heavy (non-hydrogen) atoms. The maximum absolute atomic E-state index is 2.70. The van der Waals surface area contributed by atoms with Crippen LogP contribution >= 0.6 is 0 Å². The largest absolute Gasteiger partial charge is 0.300 e. The first-order valence-electron chi connectivity index (χ1n) is 6.69. The maximum atomic E-state index is 2.70. The number of likely N-dealkylation sites (N-methyl/N-ethyl adjacent to an activating group) is 1. The van der Waals surface area contributed by atoms with Crippen molar-refractivity contribution in [1.82, 2.24) is 4.90 Å². The highest BCUT2D eigenvalue weighted by Crippen LogP contribution is 2.34. The molecule has 1 aromatic rings. The fourth-order valence-electron chi connectivity index (χ4n) is 3.60. The van der Waals surface area contributed by atoms with E-state index in [1.54, 1.807) is 11.1 Å². The zero-order valence-corrected chi connectivity index (χ0v) is 10.2. The molecule has 1 heteroatoms. The molecule has 1 aliphatic carbocycles. The van der Waals surface area contributed by atoms with Crippen LogP contribution in [-0.2, 0) is 12.8 Å². The van der Waals surface area contributed by atoms with E-state index in [1.807, 2.05) is 0 Å². The number of hydrogen-bond donors (Lipinski definition) is 0. The van der Waals surface area contributed by atoms with E-state index < -0.39 is 0 Å². The Morgan fingerprint density at radius 3 is 2.69 bits per heavy atom. The summed E-state index contributed by atoms with van der Waals surface area (Å²) in [5, 5.41) is 0. The standard InChI is InChI=1S/C15H21N/c1-2-16-9-5-8-14-10-12-6-3-4-7-13(12)11-15(14)16/h3-4,6-7,14-15H,2,5,8-11H2,1H3. The SMILES string of the molecule is CCN1CCCC2Cc3ccccc3CC21. The van der Waals surface area contributed by atoms with Gasteiger partial charge in [-0.3, -0.25) is 0 Å². The number of hydrogen-bond acceptors (Lipinski definition) is 1. The molecule has 1 fully saturated rings.